The molecule has 4 heteroatoms. The Bertz CT molecular complexity index is 379. The monoisotopic (exact) mass is 290 g/mol. The SMILES string of the molecule is CCCC(=O)C(Br)Cc1cccc(F)c1F. The summed E-state index contributed by atoms with van der Waals surface area (Å²) in [5, 5.41) is 0. The third kappa shape index (κ3) is 3.37. The van der Waals surface area contributed by atoms with Gasteiger partial charge >= 0.3 is 0 Å². The molecule has 0 amide bonds. The molecular weight excluding hydrogens is 278 g/mol. The Kier molecular flexibility index (Phi) is 5.06. The molecule has 0 N–H and O–H groups in total. The average molecular weight is 291 g/mol. The summed E-state index contributed by atoms with van der Waals surface area (Å²) in [7, 11) is 0. The molecule has 0 spiro atoms. The maximum absolute atomic E-state index is 13.3. The topological polar surface area (TPSA) is 17.1 Å². The van der Waals surface area contributed by atoms with E-state index in [0.29, 0.717) is 6.42 Å². The van der Waals surface area contributed by atoms with Crippen molar-refractivity contribution in [1.82, 2.24) is 0 Å². The zero-order chi connectivity index (χ0) is 12.1. The number of rotatable bonds is 5. The Morgan fingerprint density at radius 2 is 2.12 bits per heavy atom. The van der Waals surface area contributed by atoms with Crippen molar-refractivity contribution in [2.75, 3.05) is 0 Å². The molecule has 0 bridgehead atoms. The number of halogens is 3. The molecule has 0 heterocycles. The summed E-state index contributed by atoms with van der Waals surface area (Å²) in [6, 6.07) is 4.00. The van der Waals surface area contributed by atoms with E-state index in [4.69, 9.17) is 0 Å². The van der Waals surface area contributed by atoms with Crippen LogP contribution >= 0.6 is 15.9 Å². The fraction of sp³-hybridized carbons (Fsp3) is 0.417. The van der Waals surface area contributed by atoms with Crippen LogP contribution in [0.4, 0.5) is 8.78 Å². The van der Waals surface area contributed by atoms with Gasteiger partial charge in [0, 0.05) is 6.42 Å². The molecule has 1 nitrogen and oxygen atoms in total. The minimum absolute atomic E-state index is 0.0196. The second-order valence-electron chi connectivity index (χ2n) is 3.60. The van der Waals surface area contributed by atoms with E-state index in [1.165, 1.54) is 12.1 Å². The molecule has 1 atom stereocenters. The van der Waals surface area contributed by atoms with Crippen molar-refractivity contribution in [2.24, 2.45) is 0 Å². The molecule has 1 aromatic rings. The normalized spacial score (nSPS) is 12.5. The lowest BCUT2D eigenvalue weighted by Gasteiger charge is -2.09. The van der Waals surface area contributed by atoms with E-state index in [1.807, 2.05) is 6.92 Å². The highest BCUT2D eigenvalue weighted by Gasteiger charge is 2.17. The molecule has 16 heavy (non-hydrogen) atoms. The van der Waals surface area contributed by atoms with E-state index in [0.717, 1.165) is 12.5 Å². The summed E-state index contributed by atoms with van der Waals surface area (Å²) in [6.45, 7) is 1.90. The highest BCUT2D eigenvalue weighted by Crippen LogP contribution is 2.18. The lowest BCUT2D eigenvalue weighted by atomic mass is 10.0. The summed E-state index contributed by atoms with van der Waals surface area (Å²) in [6.07, 6.45) is 1.39. The fourth-order valence-electron chi connectivity index (χ4n) is 1.42. The van der Waals surface area contributed by atoms with Gasteiger partial charge in [-0.25, -0.2) is 8.78 Å². The first-order chi connectivity index (χ1) is 7.56. The second-order valence-corrected chi connectivity index (χ2v) is 4.71. The van der Waals surface area contributed by atoms with Gasteiger partial charge in [0.15, 0.2) is 11.6 Å². The maximum Gasteiger partial charge on any atom is 0.162 e. The van der Waals surface area contributed by atoms with Gasteiger partial charge in [-0.05, 0) is 24.5 Å². The molecule has 88 valence electrons. The summed E-state index contributed by atoms with van der Waals surface area (Å²) in [5.74, 6) is -1.72. The molecule has 0 saturated carbocycles. The van der Waals surface area contributed by atoms with Gasteiger partial charge in [-0.2, -0.15) is 0 Å². The van der Waals surface area contributed by atoms with Gasteiger partial charge in [-0.1, -0.05) is 35.0 Å². The molecule has 0 saturated heterocycles. The van der Waals surface area contributed by atoms with Gasteiger partial charge in [0.05, 0.1) is 4.83 Å². The van der Waals surface area contributed by atoms with Crippen molar-refractivity contribution in [3.05, 3.63) is 35.4 Å². The minimum Gasteiger partial charge on any atom is -0.298 e. The number of Topliss-reactive ketones (excluding diaryl/α,β-unsaturated/α-hetero) is 1. The first kappa shape index (κ1) is 13.3. The van der Waals surface area contributed by atoms with E-state index in [2.05, 4.69) is 15.9 Å². The predicted molar refractivity (Wildman–Crippen MR) is 62.7 cm³/mol. The van der Waals surface area contributed by atoms with Crippen LogP contribution in [-0.4, -0.2) is 10.6 Å². The van der Waals surface area contributed by atoms with Crippen LogP contribution in [0.2, 0.25) is 0 Å². The quantitative estimate of drug-likeness (QED) is 0.757. The number of benzene rings is 1. The van der Waals surface area contributed by atoms with Crippen molar-refractivity contribution in [1.29, 1.82) is 0 Å². The summed E-state index contributed by atoms with van der Waals surface area (Å²) in [4.78, 5) is 11.0. The third-order valence-corrected chi connectivity index (χ3v) is 3.11. The molecule has 1 aromatic carbocycles. The molecule has 1 rings (SSSR count). The molecule has 0 aliphatic heterocycles. The van der Waals surface area contributed by atoms with E-state index in [-0.39, 0.29) is 17.8 Å². The van der Waals surface area contributed by atoms with Crippen molar-refractivity contribution in [2.45, 2.75) is 31.0 Å². The van der Waals surface area contributed by atoms with Crippen LogP contribution in [0.1, 0.15) is 25.3 Å². The molecule has 0 radical (unpaired) electrons. The Labute approximate surface area is 102 Å². The largest absolute Gasteiger partial charge is 0.298 e. The molecule has 0 aromatic heterocycles. The smallest absolute Gasteiger partial charge is 0.162 e. The van der Waals surface area contributed by atoms with Crippen LogP contribution < -0.4 is 0 Å². The highest BCUT2D eigenvalue weighted by molar-refractivity contribution is 9.10. The average Bonchev–Trinajstić information content (AvgIpc) is 2.25. The summed E-state index contributed by atoms with van der Waals surface area (Å²) < 4.78 is 26.2. The Hall–Kier alpha value is -0.770. The second kappa shape index (κ2) is 6.09. The number of ketones is 1. The van der Waals surface area contributed by atoms with Crippen LogP contribution in [0.5, 0.6) is 0 Å². The van der Waals surface area contributed by atoms with Crippen LogP contribution in [0.3, 0.4) is 0 Å². The van der Waals surface area contributed by atoms with Crippen LogP contribution in [0, 0.1) is 11.6 Å². The van der Waals surface area contributed by atoms with Gasteiger partial charge in [0.25, 0.3) is 0 Å². The standard InChI is InChI=1S/C12H13BrF2O/c1-2-4-11(16)9(13)7-8-5-3-6-10(14)12(8)15/h3,5-6,9H,2,4,7H2,1H3. The molecule has 0 aliphatic rings. The molecule has 0 fully saturated rings. The van der Waals surface area contributed by atoms with Crippen LogP contribution in [-0.2, 0) is 11.2 Å². The zero-order valence-corrected chi connectivity index (χ0v) is 10.6. The van der Waals surface area contributed by atoms with Crippen molar-refractivity contribution >= 4 is 21.7 Å². The van der Waals surface area contributed by atoms with Crippen molar-refractivity contribution < 1.29 is 13.6 Å². The molecule has 1 unspecified atom stereocenters. The van der Waals surface area contributed by atoms with Gasteiger partial charge < -0.3 is 0 Å². The summed E-state index contributed by atoms with van der Waals surface area (Å²) >= 11 is 3.20. The van der Waals surface area contributed by atoms with E-state index in [9.17, 15) is 13.6 Å². The Morgan fingerprint density at radius 1 is 1.44 bits per heavy atom. The van der Waals surface area contributed by atoms with E-state index >= 15 is 0 Å². The fourth-order valence-corrected chi connectivity index (χ4v) is 1.99. The number of hydrogen-bond donors (Lipinski definition) is 0. The molecule has 0 aliphatic carbocycles. The van der Waals surface area contributed by atoms with E-state index < -0.39 is 16.5 Å². The molecular formula is C12H13BrF2O. The van der Waals surface area contributed by atoms with E-state index in [1.54, 1.807) is 0 Å². The first-order valence-corrected chi connectivity index (χ1v) is 6.07. The maximum atomic E-state index is 13.3. The van der Waals surface area contributed by atoms with Crippen LogP contribution in [0.15, 0.2) is 18.2 Å². The highest BCUT2D eigenvalue weighted by atomic mass is 79.9. The number of hydrogen-bond acceptors (Lipinski definition) is 1. The van der Waals surface area contributed by atoms with Crippen molar-refractivity contribution in [3.63, 3.8) is 0 Å². The Morgan fingerprint density at radius 3 is 2.75 bits per heavy atom. The van der Waals surface area contributed by atoms with Gasteiger partial charge in [-0.15, -0.1) is 0 Å². The van der Waals surface area contributed by atoms with Gasteiger partial charge in [-0.3, -0.25) is 4.79 Å². The first-order valence-electron chi connectivity index (χ1n) is 5.16. The third-order valence-electron chi connectivity index (χ3n) is 2.28. The van der Waals surface area contributed by atoms with Crippen LogP contribution in [0.25, 0.3) is 0 Å². The van der Waals surface area contributed by atoms with Gasteiger partial charge in [0.2, 0.25) is 0 Å². The van der Waals surface area contributed by atoms with Crippen molar-refractivity contribution in [3.8, 4) is 0 Å². The minimum atomic E-state index is -0.875. The van der Waals surface area contributed by atoms with Gasteiger partial charge in [0.1, 0.15) is 5.78 Å². The zero-order valence-electron chi connectivity index (χ0n) is 8.97. The Balaban J connectivity index is 2.73. The number of carbonyl (C=O) groups is 1. The lowest BCUT2D eigenvalue weighted by Crippen LogP contribution is -2.17. The predicted octanol–water partition coefficient (Wildman–Crippen LogP) is 3.64. The number of carbonyl (C=O) groups excluding carboxylic acids is 1. The number of alkyl halides is 1. The summed E-state index contributed by atoms with van der Waals surface area (Å²) in [5.41, 5.74) is 0.228. The lowest BCUT2D eigenvalue weighted by molar-refractivity contribution is -0.118.